The fourth-order valence-corrected chi connectivity index (χ4v) is 4.07. The van der Waals surface area contributed by atoms with Gasteiger partial charge < -0.3 is 0 Å². The van der Waals surface area contributed by atoms with E-state index in [1.807, 2.05) is 0 Å². The standard InChI is InChI=1S/C10H19NO2S/c1-7(14(11,12)13)10-6-8-2-4-9(10)5-3-8/h7-10H,2-6H2,1H3,(H2,11,12,13). The lowest BCUT2D eigenvalue weighted by molar-refractivity contribution is 0.0982. The van der Waals surface area contributed by atoms with Crippen LogP contribution in [0.15, 0.2) is 0 Å². The van der Waals surface area contributed by atoms with Gasteiger partial charge in [0.2, 0.25) is 10.0 Å². The van der Waals surface area contributed by atoms with Crippen LogP contribution >= 0.6 is 0 Å². The molecule has 2 unspecified atom stereocenters. The molecule has 3 saturated carbocycles. The first-order valence-electron chi connectivity index (χ1n) is 5.50. The Kier molecular flexibility index (Phi) is 2.60. The highest BCUT2D eigenvalue weighted by atomic mass is 32.2. The van der Waals surface area contributed by atoms with Crippen LogP contribution in [0.25, 0.3) is 0 Å². The normalized spacial score (nSPS) is 39.7. The van der Waals surface area contributed by atoms with Gasteiger partial charge in [-0.1, -0.05) is 12.8 Å². The lowest BCUT2D eigenvalue weighted by Gasteiger charge is -2.44. The maximum atomic E-state index is 11.3. The highest BCUT2D eigenvalue weighted by Gasteiger charge is 2.41. The molecule has 0 aromatic rings. The molecule has 2 atom stereocenters. The molecule has 0 amide bonds. The highest BCUT2D eigenvalue weighted by Crippen LogP contribution is 2.47. The molecule has 0 spiro atoms. The fourth-order valence-electron chi connectivity index (χ4n) is 3.25. The Hall–Kier alpha value is -0.0900. The van der Waals surface area contributed by atoms with E-state index in [1.54, 1.807) is 6.92 Å². The Morgan fingerprint density at radius 2 is 1.79 bits per heavy atom. The van der Waals surface area contributed by atoms with Gasteiger partial charge in [0.25, 0.3) is 0 Å². The minimum absolute atomic E-state index is 0.331. The number of fused-ring (bicyclic) bond motifs is 3. The Bertz CT molecular complexity index is 304. The van der Waals surface area contributed by atoms with E-state index < -0.39 is 10.0 Å². The van der Waals surface area contributed by atoms with E-state index in [1.165, 1.54) is 25.7 Å². The maximum Gasteiger partial charge on any atom is 0.211 e. The summed E-state index contributed by atoms with van der Waals surface area (Å²) in [7, 11) is -3.32. The second-order valence-electron chi connectivity index (χ2n) is 4.97. The van der Waals surface area contributed by atoms with Crippen molar-refractivity contribution in [2.24, 2.45) is 22.9 Å². The van der Waals surface area contributed by atoms with Gasteiger partial charge >= 0.3 is 0 Å². The number of sulfonamides is 1. The van der Waals surface area contributed by atoms with Gasteiger partial charge in [0.1, 0.15) is 0 Å². The van der Waals surface area contributed by atoms with Gasteiger partial charge in [-0.25, -0.2) is 13.6 Å². The van der Waals surface area contributed by atoms with Gasteiger partial charge in [-0.3, -0.25) is 0 Å². The largest absolute Gasteiger partial charge is 0.228 e. The van der Waals surface area contributed by atoms with E-state index in [9.17, 15) is 8.42 Å². The van der Waals surface area contributed by atoms with Crippen LogP contribution in [0.1, 0.15) is 39.0 Å². The van der Waals surface area contributed by atoms with E-state index in [0.29, 0.717) is 11.8 Å². The van der Waals surface area contributed by atoms with Crippen LogP contribution in [0.5, 0.6) is 0 Å². The second-order valence-corrected chi connectivity index (χ2v) is 6.90. The Balaban J connectivity index is 2.12. The van der Waals surface area contributed by atoms with Crippen LogP contribution < -0.4 is 5.14 Å². The molecule has 2 N–H and O–H groups in total. The monoisotopic (exact) mass is 217 g/mol. The van der Waals surface area contributed by atoms with Crippen molar-refractivity contribution in [1.29, 1.82) is 0 Å². The first kappa shape index (κ1) is 10.4. The lowest BCUT2D eigenvalue weighted by atomic mass is 9.64. The molecule has 3 rings (SSSR count). The van der Waals surface area contributed by atoms with E-state index in [0.717, 1.165) is 12.3 Å². The summed E-state index contributed by atoms with van der Waals surface area (Å²) in [5.74, 6) is 1.72. The Morgan fingerprint density at radius 1 is 1.21 bits per heavy atom. The Morgan fingerprint density at radius 3 is 2.14 bits per heavy atom. The first-order chi connectivity index (χ1) is 6.48. The van der Waals surface area contributed by atoms with Gasteiger partial charge in [0.05, 0.1) is 5.25 Å². The van der Waals surface area contributed by atoms with Crippen LogP contribution in [-0.4, -0.2) is 13.7 Å². The third-order valence-electron chi connectivity index (χ3n) is 4.22. The minimum Gasteiger partial charge on any atom is -0.228 e. The number of primary sulfonamides is 1. The van der Waals surface area contributed by atoms with Crippen molar-refractivity contribution in [2.75, 3.05) is 0 Å². The molecule has 0 radical (unpaired) electrons. The SMILES string of the molecule is CC(C1CC2CCC1CC2)S(N)(=O)=O. The number of nitrogens with two attached hydrogens (primary N) is 1. The first-order valence-corrected chi connectivity index (χ1v) is 7.11. The highest BCUT2D eigenvalue weighted by molar-refractivity contribution is 7.89. The van der Waals surface area contributed by atoms with Gasteiger partial charge in [0.15, 0.2) is 0 Å². The molecular weight excluding hydrogens is 198 g/mol. The topological polar surface area (TPSA) is 60.2 Å². The van der Waals surface area contributed by atoms with Gasteiger partial charge in [-0.15, -0.1) is 0 Å². The molecule has 0 heterocycles. The third-order valence-corrected chi connectivity index (χ3v) is 5.61. The molecule has 3 nitrogen and oxygen atoms in total. The molecule has 2 bridgehead atoms. The van der Waals surface area contributed by atoms with Crippen LogP contribution in [0.2, 0.25) is 0 Å². The summed E-state index contributed by atoms with van der Waals surface area (Å²) >= 11 is 0. The molecule has 3 fully saturated rings. The van der Waals surface area contributed by atoms with Crippen molar-refractivity contribution >= 4 is 10.0 Å². The van der Waals surface area contributed by atoms with Crippen LogP contribution in [0.4, 0.5) is 0 Å². The van der Waals surface area contributed by atoms with Crippen LogP contribution in [-0.2, 0) is 10.0 Å². The van der Waals surface area contributed by atoms with Crippen molar-refractivity contribution in [3.05, 3.63) is 0 Å². The summed E-state index contributed by atoms with van der Waals surface area (Å²) in [5.41, 5.74) is 0. The average Bonchev–Trinajstić information content (AvgIpc) is 2.17. The lowest BCUT2D eigenvalue weighted by Crippen LogP contribution is -2.42. The quantitative estimate of drug-likeness (QED) is 0.761. The van der Waals surface area contributed by atoms with Gasteiger partial charge in [-0.05, 0) is 43.9 Å². The van der Waals surface area contributed by atoms with Gasteiger partial charge in [0, 0.05) is 0 Å². The molecule has 0 saturated heterocycles. The smallest absolute Gasteiger partial charge is 0.211 e. The van der Waals surface area contributed by atoms with Crippen LogP contribution in [0, 0.1) is 17.8 Å². The van der Waals surface area contributed by atoms with Crippen molar-refractivity contribution < 1.29 is 8.42 Å². The summed E-state index contributed by atoms with van der Waals surface area (Å²) in [6, 6.07) is 0. The average molecular weight is 217 g/mol. The molecule has 14 heavy (non-hydrogen) atoms. The fraction of sp³-hybridized carbons (Fsp3) is 1.00. The van der Waals surface area contributed by atoms with Crippen molar-refractivity contribution in [3.8, 4) is 0 Å². The third kappa shape index (κ3) is 1.82. The molecule has 3 aliphatic rings. The predicted molar refractivity (Wildman–Crippen MR) is 56.1 cm³/mol. The summed E-state index contributed by atoms with van der Waals surface area (Å²) < 4.78 is 22.6. The van der Waals surface area contributed by atoms with E-state index in [-0.39, 0.29) is 5.25 Å². The maximum absolute atomic E-state index is 11.3. The van der Waals surface area contributed by atoms with Crippen molar-refractivity contribution in [2.45, 2.75) is 44.3 Å². The van der Waals surface area contributed by atoms with Crippen molar-refractivity contribution in [1.82, 2.24) is 0 Å². The zero-order chi connectivity index (χ0) is 10.3. The number of hydrogen-bond acceptors (Lipinski definition) is 2. The zero-order valence-corrected chi connectivity index (χ0v) is 9.46. The summed E-state index contributed by atoms with van der Waals surface area (Å²) in [6.07, 6.45) is 6.13. The molecule has 4 heteroatoms. The zero-order valence-electron chi connectivity index (χ0n) is 8.65. The van der Waals surface area contributed by atoms with E-state index in [4.69, 9.17) is 5.14 Å². The minimum atomic E-state index is -3.32. The van der Waals surface area contributed by atoms with Crippen LogP contribution in [0.3, 0.4) is 0 Å². The summed E-state index contributed by atoms with van der Waals surface area (Å²) in [6.45, 7) is 1.78. The molecule has 0 aliphatic heterocycles. The number of rotatable bonds is 2. The molecule has 0 aromatic heterocycles. The summed E-state index contributed by atoms with van der Waals surface area (Å²) in [4.78, 5) is 0. The molecule has 0 aromatic carbocycles. The van der Waals surface area contributed by atoms with E-state index >= 15 is 0 Å². The molecule has 3 aliphatic carbocycles. The second kappa shape index (κ2) is 3.49. The van der Waals surface area contributed by atoms with Gasteiger partial charge in [-0.2, -0.15) is 0 Å². The summed E-state index contributed by atoms with van der Waals surface area (Å²) in [5, 5.41) is 4.88. The number of hydrogen-bond donors (Lipinski definition) is 1. The molecular formula is C10H19NO2S. The molecule has 82 valence electrons. The predicted octanol–water partition coefficient (Wildman–Crippen LogP) is 1.49. The Labute approximate surface area is 86.1 Å². The van der Waals surface area contributed by atoms with Crippen molar-refractivity contribution in [3.63, 3.8) is 0 Å². The van der Waals surface area contributed by atoms with E-state index in [2.05, 4.69) is 0 Å².